The first-order chi connectivity index (χ1) is 7.59. The number of thioether (sulfide) groups is 1. The molecule has 1 heterocycles. The molecule has 0 aliphatic rings. The van der Waals surface area contributed by atoms with Gasteiger partial charge >= 0.3 is 0 Å². The van der Waals surface area contributed by atoms with E-state index in [9.17, 15) is 5.11 Å². The minimum absolute atomic E-state index is 0.163. The van der Waals surface area contributed by atoms with Crippen molar-refractivity contribution in [1.82, 2.24) is 14.7 Å². The normalized spacial score (nSPS) is 15.0. The van der Waals surface area contributed by atoms with E-state index in [1.54, 1.807) is 11.8 Å². The van der Waals surface area contributed by atoms with Gasteiger partial charge in [0.25, 0.3) is 0 Å². The third-order valence-electron chi connectivity index (χ3n) is 2.34. The Labute approximate surface area is 105 Å². The molecule has 0 saturated heterocycles. The van der Waals surface area contributed by atoms with E-state index in [-0.39, 0.29) is 12.1 Å². The molecule has 4 nitrogen and oxygen atoms in total. The second-order valence-electron chi connectivity index (χ2n) is 3.96. The fourth-order valence-electron chi connectivity index (χ4n) is 1.35. The number of rotatable bonds is 7. The zero-order chi connectivity index (χ0) is 12.0. The zero-order valence-corrected chi connectivity index (χ0v) is 11.6. The lowest BCUT2D eigenvalue weighted by atomic mass is 10.0. The van der Waals surface area contributed by atoms with Gasteiger partial charge in [0.1, 0.15) is 5.82 Å². The van der Waals surface area contributed by atoms with Crippen molar-refractivity contribution < 1.29 is 5.11 Å². The molecule has 0 bridgehead atoms. The SMILES string of the molecule is CCNC(C)(CO)CCSc1nc(C)ns1. The van der Waals surface area contributed by atoms with E-state index >= 15 is 0 Å². The average Bonchev–Trinajstić information content (AvgIpc) is 2.65. The molecule has 1 aromatic rings. The molecular weight excluding hydrogens is 242 g/mol. The summed E-state index contributed by atoms with van der Waals surface area (Å²) in [6.07, 6.45) is 0.917. The van der Waals surface area contributed by atoms with Gasteiger partial charge in [-0.15, -0.1) is 0 Å². The van der Waals surface area contributed by atoms with E-state index in [1.165, 1.54) is 11.5 Å². The Kier molecular flexibility index (Phi) is 5.68. The molecule has 0 amide bonds. The molecule has 0 saturated carbocycles. The predicted molar refractivity (Wildman–Crippen MR) is 69.2 cm³/mol. The average molecular weight is 261 g/mol. The molecule has 6 heteroatoms. The maximum atomic E-state index is 9.32. The van der Waals surface area contributed by atoms with Gasteiger partial charge < -0.3 is 10.4 Å². The lowest BCUT2D eigenvalue weighted by molar-refractivity contribution is 0.173. The number of aryl methyl sites for hydroxylation is 1. The number of nitrogens with one attached hydrogen (secondary N) is 1. The van der Waals surface area contributed by atoms with Gasteiger partial charge in [-0.3, -0.25) is 0 Å². The molecule has 0 aromatic carbocycles. The van der Waals surface area contributed by atoms with Crippen molar-refractivity contribution in [2.45, 2.75) is 37.1 Å². The van der Waals surface area contributed by atoms with Gasteiger partial charge in [0.05, 0.1) is 6.61 Å². The van der Waals surface area contributed by atoms with Crippen molar-refractivity contribution >= 4 is 23.3 Å². The number of hydrogen-bond acceptors (Lipinski definition) is 6. The fourth-order valence-corrected chi connectivity index (χ4v) is 3.27. The van der Waals surface area contributed by atoms with Crippen LogP contribution in [0, 0.1) is 6.92 Å². The summed E-state index contributed by atoms with van der Waals surface area (Å²) in [5.41, 5.74) is -0.179. The van der Waals surface area contributed by atoms with Crippen LogP contribution >= 0.6 is 23.3 Å². The molecule has 1 atom stereocenters. The smallest absolute Gasteiger partial charge is 0.170 e. The van der Waals surface area contributed by atoms with Crippen LogP contribution < -0.4 is 5.32 Å². The highest BCUT2D eigenvalue weighted by molar-refractivity contribution is 8.00. The van der Waals surface area contributed by atoms with Crippen LogP contribution in [0.5, 0.6) is 0 Å². The van der Waals surface area contributed by atoms with E-state index in [4.69, 9.17) is 0 Å². The lowest BCUT2D eigenvalue weighted by Gasteiger charge is -2.27. The number of aromatic nitrogens is 2. The van der Waals surface area contributed by atoms with E-state index in [0.29, 0.717) is 0 Å². The van der Waals surface area contributed by atoms with Crippen molar-refractivity contribution in [1.29, 1.82) is 0 Å². The van der Waals surface area contributed by atoms with Crippen molar-refractivity contribution in [3.05, 3.63) is 5.82 Å². The van der Waals surface area contributed by atoms with Gasteiger partial charge in [-0.25, -0.2) is 4.98 Å². The highest BCUT2D eigenvalue weighted by atomic mass is 32.2. The van der Waals surface area contributed by atoms with Crippen molar-refractivity contribution in [2.24, 2.45) is 0 Å². The predicted octanol–water partition coefficient (Wildman–Crippen LogP) is 1.69. The Morgan fingerprint density at radius 3 is 2.81 bits per heavy atom. The van der Waals surface area contributed by atoms with Gasteiger partial charge in [-0.05, 0) is 38.3 Å². The quantitative estimate of drug-likeness (QED) is 0.732. The van der Waals surface area contributed by atoms with Crippen LogP contribution in [0.4, 0.5) is 0 Å². The minimum Gasteiger partial charge on any atom is -0.394 e. The van der Waals surface area contributed by atoms with E-state index in [0.717, 1.165) is 28.9 Å². The molecule has 92 valence electrons. The number of nitrogens with zero attached hydrogens (tertiary/aromatic N) is 2. The Balaban J connectivity index is 2.33. The first-order valence-corrected chi connectivity index (χ1v) is 7.14. The van der Waals surface area contributed by atoms with Gasteiger partial charge in [0.2, 0.25) is 0 Å². The number of likely N-dealkylation sites (N-methyl/N-ethyl adjacent to an activating group) is 1. The molecule has 1 rings (SSSR count). The molecule has 0 fully saturated rings. The topological polar surface area (TPSA) is 58.0 Å². The number of aliphatic hydroxyl groups is 1. The molecule has 0 radical (unpaired) electrons. The lowest BCUT2D eigenvalue weighted by Crippen LogP contribution is -2.46. The first kappa shape index (κ1) is 13.9. The van der Waals surface area contributed by atoms with Gasteiger partial charge in [0, 0.05) is 11.3 Å². The largest absolute Gasteiger partial charge is 0.394 e. The Bertz CT molecular complexity index is 319. The summed E-state index contributed by atoms with van der Waals surface area (Å²) in [4.78, 5) is 4.29. The fraction of sp³-hybridized carbons (Fsp3) is 0.800. The van der Waals surface area contributed by atoms with Gasteiger partial charge in [-0.1, -0.05) is 18.7 Å². The highest BCUT2D eigenvalue weighted by Crippen LogP contribution is 2.23. The van der Waals surface area contributed by atoms with E-state index in [1.807, 2.05) is 13.8 Å². The Hall–Kier alpha value is -0.170. The molecule has 16 heavy (non-hydrogen) atoms. The van der Waals surface area contributed by atoms with Crippen LogP contribution in [0.3, 0.4) is 0 Å². The Morgan fingerprint density at radius 1 is 1.56 bits per heavy atom. The standard InChI is InChI=1S/C10H19N3OS2/c1-4-11-10(3,7-14)5-6-15-9-12-8(2)13-16-9/h11,14H,4-7H2,1-3H3. The van der Waals surface area contributed by atoms with Crippen LogP contribution in [0.1, 0.15) is 26.1 Å². The summed E-state index contributed by atoms with van der Waals surface area (Å²) < 4.78 is 5.14. The maximum absolute atomic E-state index is 9.32. The van der Waals surface area contributed by atoms with Crippen LogP contribution in [-0.4, -0.2) is 38.9 Å². The maximum Gasteiger partial charge on any atom is 0.170 e. The second kappa shape index (κ2) is 6.54. The molecule has 1 unspecified atom stereocenters. The highest BCUT2D eigenvalue weighted by Gasteiger charge is 2.21. The van der Waals surface area contributed by atoms with Crippen LogP contribution in [0.15, 0.2) is 4.34 Å². The monoisotopic (exact) mass is 261 g/mol. The second-order valence-corrected chi connectivity index (χ2v) is 6.05. The summed E-state index contributed by atoms with van der Waals surface area (Å²) in [5.74, 6) is 1.78. The molecular formula is C10H19N3OS2. The molecule has 0 aliphatic heterocycles. The summed E-state index contributed by atoms with van der Waals surface area (Å²) in [5, 5.41) is 12.6. The van der Waals surface area contributed by atoms with E-state index in [2.05, 4.69) is 21.6 Å². The number of hydrogen-bond donors (Lipinski definition) is 2. The van der Waals surface area contributed by atoms with Crippen molar-refractivity contribution in [3.63, 3.8) is 0 Å². The van der Waals surface area contributed by atoms with Crippen LogP contribution in [0.25, 0.3) is 0 Å². The molecule has 1 aromatic heterocycles. The Morgan fingerprint density at radius 2 is 2.31 bits per heavy atom. The summed E-state index contributed by atoms with van der Waals surface area (Å²) in [6.45, 7) is 7.03. The number of aliphatic hydroxyl groups excluding tert-OH is 1. The van der Waals surface area contributed by atoms with Crippen molar-refractivity contribution in [2.75, 3.05) is 18.9 Å². The van der Waals surface area contributed by atoms with Gasteiger partial charge in [0.15, 0.2) is 4.34 Å². The zero-order valence-electron chi connectivity index (χ0n) is 9.99. The third-order valence-corrected chi connectivity index (χ3v) is 4.27. The first-order valence-electron chi connectivity index (χ1n) is 5.38. The van der Waals surface area contributed by atoms with Crippen LogP contribution in [-0.2, 0) is 0 Å². The summed E-state index contributed by atoms with van der Waals surface area (Å²) in [6, 6.07) is 0. The summed E-state index contributed by atoms with van der Waals surface area (Å²) >= 11 is 3.14. The van der Waals surface area contributed by atoms with Crippen LogP contribution in [0.2, 0.25) is 0 Å². The van der Waals surface area contributed by atoms with E-state index < -0.39 is 0 Å². The molecule has 2 N–H and O–H groups in total. The molecule has 0 spiro atoms. The minimum atomic E-state index is -0.179. The van der Waals surface area contributed by atoms with Gasteiger partial charge in [-0.2, -0.15) is 4.37 Å². The third kappa shape index (κ3) is 4.37. The van der Waals surface area contributed by atoms with Crippen molar-refractivity contribution in [3.8, 4) is 0 Å². The molecule has 0 aliphatic carbocycles. The summed E-state index contributed by atoms with van der Waals surface area (Å²) in [7, 11) is 0.